The van der Waals surface area contributed by atoms with Gasteiger partial charge in [-0.15, -0.1) is 0 Å². The summed E-state index contributed by atoms with van der Waals surface area (Å²) in [7, 11) is 1.26. The van der Waals surface area contributed by atoms with Crippen molar-refractivity contribution in [1.29, 1.82) is 0 Å². The van der Waals surface area contributed by atoms with Crippen LogP contribution in [0.5, 0.6) is 5.75 Å². The summed E-state index contributed by atoms with van der Waals surface area (Å²) >= 11 is 0. The predicted molar refractivity (Wildman–Crippen MR) is 85.7 cm³/mol. The summed E-state index contributed by atoms with van der Waals surface area (Å²) in [5.41, 5.74) is 1.20. The van der Waals surface area contributed by atoms with Crippen LogP contribution in [0.25, 0.3) is 0 Å². The molecule has 0 N–H and O–H groups in total. The van der Waals surface area contributed by atoms with Crippen molar-refractivity contribution in [2.45, 2.75) is 13.0 Å². The van der Waals surface area contributed by atoms with Crippen molar-refractivity contribution >= 4 is 17.6 Å². The fraction of sp³-hybridized carbons (Fsp3) is 0.222. The van der Waals surface area contributed by atoms with Gasteiger partial charge >= 0.3 is 5.97 Å². The van der Waals surface area contributed by atoms with E-state index in [2.05, 4.69) is 0 Å². The summed E-state index contributed by atoms with van der Waals surface area (Å²) < 4.78 is 24.1. The minimum Gasteiger partial charge on any atom is -0.475 e. The largest absolute Gasteiger partial charge is 0.475 e. The molecule has 2 aromatic carbocycles. The SMILES string of the molecule is COC(=O)[C@H]1CN(C(=O)c2ccc(C)c(F)c2)c2ccccc2O1. The van der Waals surface area contributed by atoms with Crippen LogP contribution in [0, 0.1) is 12.7 Å². The topological polar surface area (TPSA) is 55.8 Å². The third-order valence-corrected chi connectivity index (χ3v) is 3.90. The van der Waals surface area contributed by atoms with Gasteiger partial charge in [-0.3, -0.25) is 4.79 Å². The number of amides is 1. The molecule has 3 rings (SSSR count). The van der Waals surface area contributed by atoms with Gasteiger partial charge in [0, 0.05) is 5.56 Å². The second-order valence-electron chi connectivity index (χ2n) is 5.48. The summed E-state index contributed by atoms with van der Waals surface area (Å²) in [4.78, 5) is 26.1. The third-order valence-electron chi connectivity index (χ3n) is 3.90. The lowest BCUT2D eigenvalue weighted by molar-refractivity contribution is -0.148. The smallest absolute Gasteiger partial charge is 0.348 e. The number of aryl methyl sites for hydroxylation is 1. The van der Waals surface area contributed by atoms with Gasteiger partial charge in [0.2, 0.25) is 6.10 Å². The Hall–Kier alpha value is -2.89. The van der Waals surface area contributed by atoms with Gasteiger partial charge in [0.1, 0.15) is 11.6 Å². The quantitative estimate of drug-likeness (QED) is 0.795. The Labute approximate surface area is 138 Å². The number of ether oxygens (including phenoxy) is 2. The number of rotatable bonds is 2. The van der Waals surface area contributed by atoms with Crippen molar-refractivity contribution in [3.63, 3.8) is 0 Å². The van der Waals surface area contributed by atoms with E-state index in [0.717, 1.165) is 0 Å². The molecular formula is C18H16FNO4. The zero-order valence-corrected chi connectivity index (χ0v) is 13.3. The Morgan fingerprint density at radius 2 is 2.00 bits per heavy atom. The molecule has 24 heavy (non-hydrogen) atoms. The molecule has 0 fully saturated rings. The number of esters is 1. The van der Waals surface area contributed by atoms with E-state index in [0.29, 0.717) is 17.0 Å². The summed E-state index contributed by atoms with van der Waals surface area (Å²) in [5.74, 6) is -1.03. The maximum Gasteiger partial charge on any atom is 0.348 e. The highest BCUT2D eigenvalue weighted by Crippen LogP contribution is 2.34. The number of hydrogen-bond acceptors (Lipinski definition) is 4. The van der Waals surface area contributed by atoms with E-state index in [-0.39, 0.29) is 12.1 Å². The van der Waals surface area contributed by atoms with Crippen molar-refractivity contribution in [2.75, 3.05) is 18.6 Å². The molecule has 0 spiro atoms. The molecule has 0 saturated heterocycles. The number of hydrogen-bond donors (Lipinski definition) is 0. The first-order valence-electron chi connectivity index (χ1n) is 7.43. The number of nitrogens with zero attached hydrogens (tertiary/aromatic N) is 1. The van der Waals surface area contributed by atoms with E-state index >= 15 is 0 Å². The molecule has 0 radical (unpaired) electrons. The van der Waals surface area contributed by atoms with Crippen molar-refractivity contribution in [3.05, 3.63) is 59.4 Å². The van der Waals surface area contributed by atoms with Crippen LogP contribution in [0.2, 0.25) is 0 Å². The van der Waals surface area contributed by atoms with Gasteiger partial charge in [-0.25, -0.2) is 9.18 Å². The van der Waals surface area contributed by atoms with Crippen LogP contribution < -0.4 is 9.64 Å². The first-order valence-corrected chi connectivity index (χ1v) is 7.43. The summed E-state index contributed by atoms with van der Waals surface area (Å²) in [6, 6.07) is 11.2. The average Bonchev–Trinajstić information content (AvgIpc) is 2.61. The number of anilines is 1. The predicted octanol–water partition coefficient (Wildman–Crippen LogP) is 2.71. The van der Waals surface area contributed by atoms with Crippen LogP contribution in [-0.4, -0.2) is 31.6 Å². The van der Waals surface area contributed by atoms with Gasteiger partial charge in [0.05, 0.1) is 19.3 Å². The normalized spacial score (nSPS) is 16.1. The molecule has 6 heteroatoms. The van der Waals surface area contributed by atoms with Crippen LogP contribution in [0.3, 0.4) is 0 Å². The highest BCUT2D eigenvalue weighted by Gasteiger charge is 2.34. The average molecular weight is 329 g/mol. The van der Waals surface area contributed by atoms with Gasteiger partial charge in [-0.05, 0) is 36.8 Å². The van der Waals surface area contributed by atoms with E-state index in [9.17, 15) is 14.0 Å². The zero-order chi connectivity index (χ0) is 17.3. The van der Waals surface area contributed by atoms with E-state index in [1.165, 1.54) is 18.1 Å². The zero-order valence-electron chi connectivity index (χ0n) is 13.3. The number of carbonyl (C=O) groups is 2. The fourth-order valence-corrected chi connectivity index (χ4v) is 2.56. The van der Waals surface area contributed by atoms with Crippen LogP contribution in [0.4, 0.5) is 10.1 Å². The van der Waals surface area contributed by atoms with Crippen LogP contribution in [-0.2, 0) is 9.53 Å². The first-order chi connectivity index (χ1) is 11.5. The molecule has 5 nitrogen and oxygen atoms in total. The monoisotopic (exact) mass is 329 g/mol. The molecule has 1 amide bonds. The lowest BCUT2D eigenvalue weighted by atomic mass is 10.1. The lowest BCUT2D eigenvalue weighted by Crippen LogP contribution is -2.47. The number of para-hydroxylation sites is 2. The van der Waals surface area contributed by atoms with Gasteiger partial charge in [-0.2, -0.15) is 0 Å². The Bertz CT molecular complexity index is 805. The standard InChI is InChI=1S/C18H16FNO4/c1-11-7-8-12(9-13(11)19)17(21)20-10-16(18(22)23-2)24-15-6-4-3-5-14(15)20/h3-9,16H,10H2,1-2H3/t16-/m1/s1. The molecule has 1 aliphatic heterocycles. The van der Waals surface area contributed by atoms with Crippen molar-refractivity contribution in [1.82, 2.24) is 0 Å². The molecule has 0 saturated carbocycles. The highest BCUT2D eigenvalue weighted by atomic mass is 19.1. The second kappa shape index (κ2) is 6.31. The Kier molecular flexibility index (Phi) is 4.20. The number of carbonyl (C=O) groups excluding carboxylic acids is 2. The minimum absolute atomic E-state index is 0.00197. The van der Waals surface area contributed by atoms with Gasteiger partial charge < -0.3 is 14.4 Å². The molecule has 0 aliphatic carbocycles. The molecule has 1 aliphatic rings. The molecule has 0 unspecified atom stereocenters. The van der Waals surface area contributed by atoms with Crippen molar-refractivity contribution in [2.24, 2.45) is 0 Å². The van der Waals surface area contributed by atoms with E-state index < -0.39 is 23.8 Å². The molecule has 1 atom stereocenters. The van der Waals surface area contributed by atoms with Crippen LogP contribution in [0.1, 0.15) is 15.9 Å². The Morgan fingerprint density at radius 3 is 2.71 bits per heavy atom. The summed E-state index contributed by atoms with van der Waals surface area (Å²) in [5, 5.41) is 0. The summed E-state index contributed by atoms with van der Waals surface area (Å²) in [6.45, 7) is 1.62. The van der Waals surface area contributed by atoms with Crippen molar-refractivity contribution < 1.29 is 23.5 Å². The van der Waals surface area contributed by atoms with Gasteiger partial charge in [-0.1, -0.05) is 18.2 Å². The van der Waals surface area contributed by atoms with Gasteiger partial charge in [0.25, 0.3) is 5.91 Å². The molecule has 124 valence electrons. The van der Waals surface area contributed by atoms with Crippen LogP contribution >= 0.6 is 0 Å². The van der Waals surface area contributed by atoms with E-state index in [1.54, 1.807) is 43.3 Å². The Balaban J connectivity index is 1.99. The lowest BCUT2D eigenvalue weighted by Gasteiger charge is -2.33. The molecular weight excluding hydrogens is 313 g/mol. The molecule has 2 aromatic rings. The van der Waals surface area contributed by atoms with Crippen LogP contribution in [0.15, 0.2) is 42.5 Å². The fourth-order valence-electron chi connectivity index (χ4n) is 2.56. The van der Waals surface area contributed by atoms with Crippen molar-refractivity contribution in [3.8, 4) is 5.75 Å². The first kappa shape index (κ1) is 16.0. The highest BCUT2D eigenvalue weighted by molar-refractivity contribution is 6.07. The maximum absolute atomic E-state index is 13.8. The number of halogens is 1. The minimum atomic E-state index is -0.927. The molecule has 1 heterocycles. The van der Waals surface area contributed by atoms with E-state index in [4.69, 9.17) is 9.47 Å². The number of fused-ring (bicyclic) bond motifs is 1. The van der Waals surface area contributed by atoms with E-state index in [1.807, 2.05) is 0 Å². The molecule has 0 aromatic heterocycles. The third kappa shape index (κ3) is 2.82. The Morgan fingerprint density at radius 1 is 1.25 bits per heavy atom. The second-order valence-corrected chi connectivity index (χ2v) is 5.48. The number of benzene rings is 2. The summed E-state index contributed by atoms with van der Waals surface area (Å²) in [6.07, 6.45) is -0.927. The maximum atomic E-state index is 13.8. The van der Waals surface area contributed by atoms with Gasteiger partial charge in [0.15, 0.2) is 0 Å². The molecule has 0 bridgehead atoms. The number of methoxy groups -OCH3 is 1.